The Morgan fingerprint density at radius 1 is 1.19 bits per heavy atom. The van der Waals surface area contributed by atoms with Crippen molar-refractivity contribution in [2.75, 3.05) is 29.7 Å². The van der Waals surface area contributed by atoms with Crippen molar-refractivity contribution in [2.24, 2.45) is 11.3 Å². The van der Waals surface area contributed by atoms with Gasteiger partial charge in [0.25, 0.3) is 5.91 Å². The van der Waals surface area contributed by atoms with Gasteiger partial charge in [-0.15, -0.1) is 0 Å². The van der Waals surface area contributed by atoms with Crippen LogP contribution in [0.3, 0.4) is 0 Å². The summed E-state index contributed by atoms with van der Waals surface area (Å²) in [6, 6.07) is 5.18. The Kier molecular flexibility index (Phi) is 4.21. The lowest BCUT2D eigenvalue weighted by molar-refractivity contribution is -0.139. The van der Waals surface area contributed by atoms with Crippen molar-refractivity contribution in [3.63, 3.8) is 0 Å². The maximum atomic E-state index is 12.9. The number of aliphatic carboxylic acids is 1. The van der Waals surface area contributed by atoms with Crippen LogP contribution in [0.15, 0.2) is 18.2 Å². The van der Waals surface area contributed by atoms with Crippen LogP contribution in [0.1, 0.15) is 41.6 Å². The number of carbonyl (C=O) groups excluding carboxylic acids is 1. The Morgan fingerprint density at radius 2 is 1.89 bits per heavy atom. The fraction of sp³-hybridized carbons (Fsp3) is 0.579. The summed E-state index contributed by atoms with van der Waals surface area (Å²) in [5.41, 5.74) is 1.85. The number of hydrogen-bond donors (Lipinski definition) is 1. The van der Waals surface area contributed by atoms with Gasteiger partial charge in [-0.05, 0) is 61.8 Å². The maximum absolute atomic E-state index is 12.9. The van der Waals surface area contributed by atoms with Crippen LogP contribution in [-0.2, 0) is 14.8 Å². The number of piperidine rings is 1. The number of likely N-dealkylation sites (tertiary alicyclic amines) is 1. The predicted molar refractivity (Wildman–Crippen MR) is 100 cm³/mol. The molecule has 1 aromatic rings. The summed E-state index contributed by atoms with van der Waals surface area (Å²) in [4.78, 5) is 25.9. The molecule has 146 valence electrons. The third kappa shape index (κ3) is 3.09. The molecule has 2 aliphatic heterocycles. The number of rotatable bonds is 3. The molecule has 2 heterocycles. The van der Waals surface area contributed by atoms with Crippen molar-refractivity contribution < 1.29 is 23.1 Å². The van der Waals surface area contributed by atoms with Gasteiger partial charge in [0, 0.05) is 25.2 Å². The van der Waals surface area contributed by atoms with Gasteiger partial charge in [-0.25, -0.2) is 8.42 Å². The van der Waals surface area contributed by atoms with Gasteiger partial charge in [0.15, 0.2) is 0 Å². The predicted octanol–water partition coefficient (Wildman–Crippen LogP) is 1.86. The topological polar surface area (TPSA) is 95.0 Å². The van der Waals surface area contributed by atoms with Gasteiger partial charge in [-0.3, -0.25) is 13.9 Å². The summed E-state index contributed by atoms with van der Waals surface area (Å²) >= 11 is 0. The fourth-order valence-corrected chi connectivity index (χ4v) is 6.10. The van der Waals surface area contributed by atoms with E-state index in [9.17, 15) is 23.1 Å². The minimum absolute atomic E-state index is 0.0642. The van der Waals surface area contributed by atoms with E-state index in [0.29, 0.717) is 37.3 Å². The molecule has 1 N–H and O–H groups in total. The maximum Gasteiger partial charge on any atom is 0.307 e. The van der Waals surface area contributed by atoms with Crippen molar-refractivity contribution in [1.82, 2.24) is 4.90 Å². The third-order valence-electron chi connectivity index (χ3n) is 6.36. The number of benzene rings is 1. The first kappa shape index (κ1) is 18.3. The Hall–Kier alpha value is -2.09. The first-order valence-electron chi connectivity index (χ1n) is 9.37. The summed E-state index contributed by atoms with van der Waals surface area (Å²) in [5.74, 6) is -0.874. The van der Waals surface area contributed by atoms with Crippen molar-refractivity contribution in [3.05, 3.63) is 29.3 Å². The van der Waals surface area contributed by atoms with Crippen molar-refractivity contribution >= 4 is 27.6 Å². The zero-order chi connectivity index (χ0) is 19.4. The zero-order valence-electron chi connectivity index (χ0n) is 15.3. The smallest absolute Gasteiger partial charge is 0.307 e. The molecule has 27 heavy (non-hydrogen) atoms. The number of aryl methyl sites for hydroxylation is 1. The molecule has 4 rings (SSSR count). The number of nitrogens with zero attached hydrogens (tertiary/aromatic N) is 2. The highest BCUT2D eigenvalue weighted by Crippen LogP contribution is 2.59. The van der Waals surface area contributed by atoms with E-state index in [-0.39, 0.29) is 23.0 Å². The summed E-state index contributed by atoms with van der Waals surface area (Å²) in [7, 11) is -3.24. The number of sulfonamides is 1. The average Bonchev–Trinajstić information content (AvgIpc) is 3.20. The molecule has 3 aliphatic rings. The second kappa shape index (κ2) is 6.22. The molecular weight excluding hydrogens is 368 g/mol. The molecule has 1 saturated carbocycles. The molecule has 0 bridgehead atoms. The second-order valence-electron chi connectivity index (χ2n) is 7.99. The number of carboxylic acids is 1. The van der Waals surface area contributed by atoms with E-state index in [2.05, 4.69) is 0 Å². The molecule has 8 heteroatoms. The van der Waals surface area contributed by atoms with Crippen molar-refractivity contribution in [1.29, 1.82) is 0 Å². The molecule has 1 atom stereocenters. The van der Waals surface area contributed by atoms with E-state index >= 15 is 0 Å². The van der Waals surface area contributed by atoms with Crippen LogP contribution < -0.4 is 4.31 Å². The average molecular weight is 392 g/mol. The lowest BCUT2D eigenvalue weighted by Gasteiger charge is -2.33. The van der Waals surface area contributed by atoms with Gasteiger partial charge in [0.05, 0.1) is 17.4 Å². The second-order valence-corrected chi connectivity index (χ2v) is 10.0. The van der Waals surface area contributed by atoms with Crippen LogP contribution in [0.5, 0.6) is 0 Å². The van der Waals surface area contributed by atoms with Crippen molar-refractivity contribution in [3.8, 4) is 0 Å². The van der Waals surface area contributed by atoms with Crippen molar-refractivity contribution in [2.45, 2.75) is 32.6 Å². The standard InChI is InChI=1S/C19H24N2O5S/c1-13-11-14(21-7-2-10-27(21,25)26)3-4-15(13)17(22)20-8-5-19(6-9-20)12-16(19)18(23)24/h3-4,11,16H,2,5-10,12H2,1H3,(H,23,24). The first-order valence-corrected chi connectivity index (χ1v) is 11.0. The van der Waals surface area contributed by atoms with Crippen LogP contribution in [0.4, 0.5) is 5.69 Å². The van der Waals surface area contributed by atoms with E-state index in [1.165, 1.54) is 4.31 Å². The molecule has 3 fully saturated rings. The number of anilines is 1. The van der Waals surface area contributed by atoms with E-state index in [0.717, 1.165) is 24.8 Å². The van der Waals surface area contributed by atoms with Gasteiger partial charge in [-0.2, -0.15) is 0 Å². The Labute approximate surface area is 159 Å². The highest BCUT2D eigenvalue weighted by atomic mass is 32.2. The normalized spacial score (nSPS) is 25.6. The SMILES string of the molecule is Cc1cc(N2CCCS2(=O)=O)ccc1C(=O)N1CCC2(CC1)CC2C(=O)O. The summed E-state index contributed by atoms with van der Waals surface area (Å²) in [6.45, 7) is 3.45. The number of hydrogen-bond acceptors (Lipinski definition) is 4. The van der Waals surface area contributed by atoms with Gasteiger partial charge in [-0.1, -0.05) is 0 Å². The molecule has 1 amide bonds. The summed E-state index contributed by atoms with van der Waals surface area (Å²) in [6.07, 6.45) is 2.81. The molecular formula is C19H24N2O5S. The third-order valence-corrected chi connectivity index (χ3v) is 8.23. The minimum atomic E-state index is -3.24. The van der Waals surface area contributed by atoms with E-state index in [4.69, 9.17) is 0 Å². The molecule has 1 spiro atoms. The molecule has 0 aromatic heterocycles. The summed E-state index contributed by atoms with van der Waals surface area (Å²) in [5, 5.41) is 9.19. The summed E-state index contributed by atoms with van der Waals surface area (Å²) < 4.78 is 25.6. The highest BCUT2D eigenvalue weighted by Gasteiger charge is 2.59. The largest absolute Gasteiger partial charge is 0.481 e. The van der Waals surface area contributed by atoms with E-state index < -0.39 is 16.0 Å². The molecule has 0 radical (unpaired) electrons. The Morgan fingerprint density at radius 3 is 2.41 bits per heavy atom. The van der Waals surface area contributed by atoms with Gasteiger partial charge >= 0.3 is 5.97 Å². The quantitative estimate of drug-likeness (QED) is 0.847. The first-order chi connectivity index (χ1) is 12.7. The molecule has 1 unspecified atom stereocenters. The number of carboxylic acid groups (broad SMARTS) is 1. The van der Waals surface area contributed by atoms with Gasteiger partial charge in [0.2, 0.25) is 10.0 Å². The van der Waals surface area contributed by atoms with E-state index in [1.807, 2.05) is 6.92 Å². The lowest BCUT2D eigenvalue weighted by Crippen LogP contribution is -2.40. The molecule has 7 nitrogen and oxygen atoms in total. The number of carbonyl (C=O) groups is 2. The fourth-order valence-electron chi connectivity index (χ4n) is 4.55. The van der Waals surface area contributed by atoms with Gasteiger partial charge < -0.3 is 10.0 Å². The molecule has 1 aromatic carbocycles. The highest BCUT2D eigenvalue weighted by molar-refractivity contribution is 7.93. The van der Waals surface area contributed by atoms with Crippen LogP contribution >= 0.6 is 0 Å². The van der Waals surface area contributed by atoms with Crippen LogP contribution in [0, 0.1) is 18.3 Å². The molecule has 2 saturated heterocycles. The Balaban J connectivity index is 1.46. The lowest BCUT2D eigenvalue weighted by atomic mass is 9.90. The minimum Gasteiger partial charge on any atom is -0.481 e. The van der Waals surface area contributed by atoms with Gasteiger partial charge in [0.1, 0.15) is 0 Å². The zero-order valence-corrected chi connectivity index (χ0v) is 16.2. The van der Waals surface area contributed by atoms with Crippen LogP contribution in [0.2, 0.25) is 0 Å². The monoisotopic (exact) mass is 392 g/mol. The molecule has 1 aliphatic carbocycles. The van der Waals surface area contributed by atoms with E-state index in [1.54, 1.807) is 23.1 Å². The van der Waals surface area contributed by atoms with Crippen LogP contribution in [-0.4, -0.2) is 55.7 Å². The number of amides is 1. The Bertz CT molecular complexity index is 903. The van der Waals surface area contributed by atoms with Crippen LogP contribution in [0.25, 0.3) is 0 Å².